The summed E-state index contributed by atoms with van der Waals surface area (Å²) in [5.74, 6) is -0.426. The van der Waals surface area contributed by atoms with Crippen LogP contribution in [0.1, 0.15) is 98.6 Å². The van der Waals surface area contributed by atoms with Gasteiger partial charge in [0.1, 0.15) is 0 Å². The van der Waals surface area contributed by atoms with Gasteiger partial charge in [-0.05, 0) is 52.5 Å². The Morgan fingerprint density at radius 3 is 2.21 bits per heavy atom. The normalized spacial score (nSPS) is 14.7. The Balaban J connectivity index is 3.17. The summed E-state index contributed by atoms with van der Waals surface area (Å²) in [7, 11) is 0. The van der Waals surface area contributed by atoms with E-state index in [1.54, 1.807) is 15.8 Å². The fourth-order valence-electron chi connectivity index (χ4n) is 4.82. The Morgan fingerprint density at radius 1 is 0.974 bits per heavy atom. The fraction of sp³-hybridized carbons (Fsp3) is 0.786. The second-order valence-corrected chi connectivity index (χ2v) is 10.7. The van der Waals surface area contributed by atoms with Crippen LogP contribution in [-0.2, 0) is 32.3 Å². The van der Waals surface area contributed by atoms with Crippen LogP contribution < -0.4 is 11.1 Å². The molecule has 0 aliphatic rings. The maximum absolute atomic E-state index is 14.0. The molecule has 1 heterocycles. The summed E-state index contributed by atoms with van der Waals surface area (Å²) in [5, 5.41) is 11.0. The topological polar surface area (TPSA) is 144 Å². The van der Waals surface area contributed by atoms with Crippen molar-refractivity contribution in [1.29, 1.82) is 0 Å². The molecule has 0 aliphatic carbocycles. The number of nitrogens with zero attached hydrogens (tertiary/aromatic N) is 5. The molecule has 1 rings (SSSR count). The van der Waals surface area contributed by atoms with E-state index in [1.165, 1.54) is 0 Å². The molecule has 0 spiro atoms. The molecule has 0 aliphatic heterocycles. The third kappa shape index (κ3) is 10.1. The van der Waals surface area contributed by atoms with E-state index in [2.05, 4.69) is 22.6 Å². The van der Waals surface area contributed by atoms with Gasteiger partial charge in [-0.1, -0.05) is 45.7 Å². The van der Waals surface area contributed by atoms with Crippen molar-refractivity contribution in [1.82, 2.24) is 30.1 Å². The maximum atomic E-state index is 14.0. The zero-order valence-electron chi connectivity index (χ0n) is 25.0. The van der Waals surface area contributed by atoms with Crippen LogP contribution in [0.4, 0.5) is 0 Å². The van der Waals surface area contributed by atoms with Crippen LogP contribution in [0.25, 0.3) is 0 Å². The van der Waals surface area contributed by atoms with Gasteiger partial charge in [-0.25, -0.2) is 0 Å². The Hall–Kier alpha value is -2.66. The number of aromatic nitrogens is 3. The first-order valence-corrected chi connectivity index (χ1v) is 14.4. The summed E-state index contributed by atoms with van der Waals surface area (Å²) >= 11 is 0. The third-order valence-electron chi connectivity index (χ3n) is 7.89. The molecule has 2 atom stereocenters. The molecule has 0 bridgehead atoms. The lowest BCUT2D eigenvalue weighted by atomic mass is 9.85. The number of amides is 2. The highest BCUT2D eigenvalue weighted by Crippen LogP contribution is 2.28. The van der Waals surface area contributed by atoms with Gasteiger partial charge in [0, 0.05) is 32.3 Å². The lowest BCUT2D eigenvalue weighted by Crippen LogP contribution is -2.60. The van der Waals surface area contributed by atoms with Gasteiger partial charge in [0.05, 0.1) is 29.9 Å². The molecule has 0 radical (unpaired) electrons. The van der Waals surface area contributed by atoms with Crippen molar-refractivity contribution in [2.45, 2.75) is 117 Å². The first kappa shape index (κ1) is 34.4. The maximum Gasteiger partial charge on any atom is 0.231 e. The van der Waals surface area contributed by atoms with E-state index in [4.69, 9.17) is 5.73 Å². The van der Waals surface area contributed by atoms with Gasteiger partial charge in [0.25, 0.3) is 0 Å². The molecule has 11 heteroatoms. The number of carbonyl (C=O) groups excluding carboxylic acids is 4. The third-order valence-corrected chi connectivity index (χ3v) is 7.89. The molecule has 222 valence electrons. The average Bonchev–Trinajstić information content (AvgIpc) is 3.36. The number of Topliss-reactive ketones (excluding diaryl/α,β-unsaturated/α-hetero) is 2. The molecule has 39 heavy (non-hydrogen) atoms. The monoisotopic (exact) mass is 549 g/mol. The molecule has 0 fully saturated rings. The van der Waals surface area contributed by atoms with E-state index in [0.29, 0.717) is 57.4 Å². The molecule has 11 nitrogen and oxygen atoms in total. The van der Waals surface area contributed by atoms with Crippen LogP contribution in [0.2, 0.25) is 0 Å². The summed E-state index contributed by atoms with van der Waals surface area (Å²) in [6.45, 7) is 13.8. The Bertz CT molecular complexity index is 921. The first-order valence-electron chi connectivity index (χ1n) is 14.4. The highest BCUT2D eigenvalue weighted by molar-refractivity contribution is 5.92. The number of hydrogen-bond donors (Lipinski definition) is 2. The molecular formula is C28H51N7O4. The number of nitrogens with two attached hydrogens (primary N) is 1. The molecule has 2 unspecified atom stereocenters. The van der Waals surface area contributed by atoms with E-state index >= 15 is 0 Å². The van der Waals surface area contributed by atoms with Crippen molar-refractivity contribution in [3.63, 3.8) is 0 Å². The number of hydrogen-bond acceptors (Lipinski definition) is 8. The molecule has 2 amide bonds. The van der Waals surface area contributed by atoms with Crippen LogP contribution in [0.5, 0.6) is 0 Å². The predicted molar refractivity (Wildman–Crippen MR) is 152 cm³/mol. The molecule has 0 aromatic carbocycles. The molecule has 1 aromatic heterocycles. The van der Waals surface area contributed by atoms with Crippen molar-refractivity contribution < 1.29 is 19.2 Å². The lowest BCUT2D eigenvalue weighted by molar-refractivity contribution is -0.139. The Morgan fingerprint density at radius 2 is 1.64 bits per heavy atom. The number of primary amides is 1. The van der Waals surface area contributed by atoms with Gasteiger partial charge in [-0.2, -0.15) is 0 Å². The van der Waals surface area contributed by atoms with E-state index in [0.717, 1.165) is 25.7 Å². The van der Waals surface area contributed by atoms with Crippen LogP contribution in [0.15, 0.2) is 6.20 Å². The number of unbranched alkanes of at least 4 members (excludes halogenated alkanes) is 2. The summed E-state index contributed by atoms with van der Waals surface area (Å²) < 4.78 is 1.68. The van der Waals surface area contributed by atoms with Gasteiger partial charge < -0.3 is 11.1 Å². The summed E-state index contributed by atoms with van der Waals surface area (Å²) in [6.07, 6.45) is 8.42. The van der Waals surface area contributed by atoms with E-state index < -0.39 is 17.0 Å². The van der Waals surface area contributed by atoms with Gasteiger partial charge in [0.15, 0.2) is 11.6 Å². The quantitative estimate of drug-likeness (QED) is 0.157. The van der Waals surface area contributed by atoms with Crippen LogP contribution in [0.3, 0.4) is 0 Å². The minimum atomic E-state index is -1.00. The van der Waals surface area contributed by atoms with Crippen LogP contribution >= 0.6 is 0 Å². The second-order valence-electron chi connectivity index (χ2n) is 10.7. The molecular weight excluding hydrogens is 498 g/mol. The molecule has 1 aromatic rings. The number of ketones is 2. The molecule has 3 N–H and O–H groups in total. The highest BCUT2D eigenvalue weighted by atomic mass is 16.2. The average molecular weight is 550 g/mol. The summed E-state index contributed by atoms with van der Waals surface area (Å²) in [4.78, 5) is 53.7. The van der Waals surface area contributed by atoms with Crippen LogP contribution in [0, 0.1) is 0 Å². The molecule has 0 saturated heterocycles. The van der Waals surface area contributed by atoms with E-state index in [-0.39, 0.29) is 31.2 Å². The molecule has 0 saturated carbocycles. The summed E-state index contributed by atoms with van der Waals surface area (Å²) in [6, 6.07) is 0. The predicted octanol–water partition coefficient (Wildman–Crippen LogP) is 2.47. The van der Waals surface area contributed by atoms with Gasteiger partial charge in [0.2, 0.25) is 12.3 Å². The SMILES string of the molecule is CCCCCC(=O)C(C)(CC)N(CCC)CC(=O)C(C)(CC)N(CC(N)=O)Cc1cn(CCCNC=O)nn1. The highest BCUT2D eigenvalue weighted by Gasteiger charge is 2.43. The minimum absolute atomic E-state index is 0.0620. The zero-order valence-corrected chi connectivity index (χ0v) is 25.0. The minimum Gasteiger partial charge on any atom is -0.369 e. The zero-order chi connectivity index (χ0) is 29.5. The van der Waals surface area contributed by atoms with Crippen molar-refractivity contribution >= 4 is 23.9 Å². The number of carbonyl (C=O) groups is 4. The number of rotatable bonds is 23. The number of aryl methyl sites for hydroxylation is 1. The van der Waals surface area contributed by atoms with Crippen molar-refractivity contribution in [3.8, 4) is 0 Å². The first-order chi connectivity index (χ1) is 18.5. The summed E-state index contributed by atoms with van der Waals surface area (Å²) in [5.41, 5.74) is 4.49. The van der Waals surface area contributed by atoms with Gasteiger partial charge >= 0.3 is 0 Å². The van der Waals surface area contributed by atoms with E-state index in [9.17, 15) is 19.2 Å². The fourth-order valence-corrected chi connectivity index (χ4v) is 4.82. The van der Waals surface area contributed by atoms with E-state index in [1.807, 2.05) is 39.5 Å². The van der Waals surface area contributed by atoms with Crippen molar-refractivity contribution in [2.24, 2.45) is 5.73 Å². The largest absolute Gasteiger partial charge is 0.369 e. The van der Waals surface area contributed by atoms with Crippen LogP contribution in [-0.4, -0.2) is 85.9 Å². The smallest absolute Gasteiger partial charge is 0.231 e. The van der Waals surface area contributed by atoms with Crippen molar-refractivity contribution in [3.05, 3.63) is 11.9 Å². The Labute approximate surface area is 234 Å². The lowest BCUT2D eigenvalue weighted by Gasteiger charge is -2.43. The van der Waals surface area contributed by atoms with Gasteiger partial charge in [-0.15, -0.1) is 5.10 Å². The second kappa shape index (κ2) is 17.1. The van der Waals surface area contributed by atoms with Crippen molar-refractivity contribution in [2.75, 3.05) is 26.2 Å². The van der Waals surface area contributed by atoms with Gasteiger partial charge in [-0.3, -0.25) is 33.7 Å². The Kier molecular flexibility index (Phi) is 15.1. The standard InChI is InChI=1S/C28H51N7O4/c1-7-11-12-14-24(37)27(5,9-3)33(16-8-2)20-25(38)28(6,10-4)34(21-26(29)39)18-23-19-35(32-31-23)17-13-15-30-22-36/h19,22H,7-18,20-21H2,1-6H3,(H2,29,39)(H,30,36). The number of nitrogens with one attached hydrogen (secondary N) is 1.